The van der Waals surface area contributed by atoms with E-state index < -0.39 is 37.0 Å². The van der Waals surface area contributed by atoms with Crippen molar-refractivity contribution in [3.8, 4) is 0 Å². The summed E-state index contributed by atoms with van der Waals surface area (Å²) in [6, 6.07) is 5.05. The van der Waals surface area contributed by atoms with E-state index in [1.54, 1.807) is 0 Å². The van der Waals surface area contributed by atoms with Crippen molar-refractivity contribution in [2.75, 3.05) is 89.2 Å². The van der Waals surface area contributed by atoms with Crippen LogP contribution in [0, 0.1) is 20.2 Å². The van der Waals surface area contributed by atoms with Crippen molar-refractivity contribution in [2.45, 2.75) is 13.2 Å². The standard InChI is InChI=1S/C24H38Cl4N6O12P2/c25-5-11-31(12-6-26)47(39,43-19-21-1-3-23(45-21)33(35)36)29-9-15-41-17-18-42-16-10-30-48(40,32(13-7-27)14-8-28)44-20-22-2-4-24(46-22)34(37)38/h1-4H,5-20H2,(H,29,39)(H,30,40). The molecule has 0 aliphatic heterocycles. The van der Waals surface area contributed by atoms with Crippen molar-refractivity contribution in [1.29, 1.82) is 0 Å². The Morgan fingerprint density at radius 2 is 1.00 bits per heavy atom. The van der Waals surface area contributed by atoms with E-state index in [0.717, 1.165) is 0 Å². The van der Waals surface area contributed by atoms with Gasteiger partial charge in [-0.05, 0) is 12.1 Å². The largest absolute Gasteiger partial charge is 0.433 e. The summed E-state index contributed by atoms with van der Waals surface area (Å²) in [6.45, 7) is 0.962. The number of furan rings is 2. The summed E-state index contributed by atoms with van der Waals surface area (Å²) in [5.41, 5.74) is 0. The molecule has 0 amide bonds. The first-order valence-corrected chi connectivity index (χ1v) is 19.7. The van der Waals surface area contributed by atoms with E-state index in [2.05, 4.69) is 10.2 Å². The predicted molar refractivity (Wildman–Crippen MR) is 179 cm³/mol. The number of nitrogens with zero attached hydrogens (tertiary/aromatic N) is 4. The van der Waals surface area contributed by atoms with Gasteiger partial charge in [0.1, 0.15) is 34.6 Å². The first-order chi connectivity index (χ1) is 23.0. The lowest BCUT2D eigenvalue weighted by Crippen LogP contribution is -2.34. The third kappa shape index (κ3) is 14.9. The van der Waals surface area contributed by atoms with E-state index in [4.69, 9.17) is 73.8 Å². The molecule has 0 radical (unpaired) electrons. The molecule has 24 heteroatoms. The van der Waals surface area contributed by atoms with Crippen LogP contribution in [0.15, 0.2) is 33.1 Å². The molecule has 18 nitrogen and oxygen atoms in total. The van der Waals surface area contributed by atoms with Gasteiger partial charge in [-0.15, -0.1) is 46.4 Å². The zero-order valence-electron chi connectivity index (χ0n) is 25.7. The van der Waals surface area contributed by atoms with Gasteiger partial charge in [-0.1, -0.05) is 0 Å². The summed E-state index contributed by atoms with van der Waals surface area (Å²) in [5, 5.41) is 27.4. The van der Waals surface area contributed by atoms with E-state index in [0.29, 0.717) is 0 Å². The van der Waals surface area contributed by atoms with Crippen molar-refractivity contribution < 1.29 is 46.3 Å². The lowest BCUT2D eigenvalue weighted by atomic mass is 10.5. The van der Waals surface area contributed by atoms with Gasteiger partial charge >= 0.3 is 27.1 Å². The van der Waals surface area contributed by atoms with Crippen LogP contribution in [-0.4, -0.2) is 108 Å². The fourth-order valence-corrected chi connectivity index (χ4v) is 8.82. The number of hydrogen-bond acceptors (Lipinski definition) is 12. The van der Waals surface area contributed by atoms with E-state index in [1.807, 2.05) is 0 Å². The molecule has 2 aromatic rings. The maximum Gasteiger partial charge on any atom is 0.433 e. The van der Waals surface area contributed by atoms with Crippen molar-refractivity contribution >= 4 is 73.5 Å². The Bertz CT molecular complexity index is 1230. The SMILES string of the molecule is O=[N+]([O-])c1ccc(COP(=O)(NCCOCCOCCNP(=O)(OCc2ccc([N+](=O)[O-])o2)N(CCCl)CCCl)N(CCCl)CCCl)o1. The summed E-state index contributed by atoms with van der Waals surface area (Å²) in [5.74, 6) is -0.125. The number of nitrogens with one attached hydrogen (secondary N) is 2. The minimum Gasteiger partial charge on any atom is -0.403 e. The molecule has 2 unspecified atom stereocenters. The first kappa shape index (κ1) is 42.8. The van der Waals surface area contributed by atoms with Gasteiger partial charge < -0.3 is 18.3 Å². The molecule has 0 saturated heterocycles. The Balaban J connectivity index is 1.80. The molecule has 2 atom stereocenters. The van der Waals surface area contributed by atoms with Crippen LogP contribution in [0.1, 0.15) is 11.5 Å². The predicted octanol–water partition coefficient (Wildman–Crippen LogP) is 5.41. The van der Waals surface area contributed by atoms with Crippen LogP contribution in [0.4, 0.5) is 11.8 Å². The molecule has 0 aliphatic rings. The normalized spacial score (nSPS) is 14.4. The van der Waals surface area contributed by atoms with E-state index >= 15 is 0 Å². The van der Waals surface area contributed by atoms with Crippen LogP contribution >= 0.6 is 61.7 Å². The van der Waals surface area contributed by atoms with Crippen LogP contribution in [0.25, 0.3) is 0 Å². The van der Waals surface area contributed by atoms with Gasteiger partial charge in [0.25, 0.3) is 0 Å². The molecule has 0 saturated carbocycles. The second kappa shape index (κ2) is 23.2. The summed E-state index contributed by atoms with van der Waals surface area (Å²) in [4.78, 5) is 20.4. The highest BCUT2D eigenvalue weighted by Gasteiger charge is 2.33. The second-order valence-corrected chi connectivity index (χ2v) is 15.2. The highest BCUT2D eigenvalue weighted by Crippen LogP contribution is 2.48. The zero-order valence-corrected chi connectivity index (χ0v) is 30.5. The second-order valence-electron chi connectivity index (χ2n) is 9.29. The third-order valence-corrected chi connectivity index (χ3v) is 11.2. The van der Waals surface area contributed by atoms with E-state index in [-0.39, 0.29) is 114 Å². The Morgan fingerprint density at radius 1 is 0.646 bits per heavy atom. The smallest absolute Gasteiger partial charge is 0.403 e. The lowest BCUT2D eigenvalue weighted by molar-refractivity contribution is -0.402. The minimum atomic E-state index is -3.71. The van der Waals surface area contributed by atoms with E-state index in [1.165, 1.54) is 33.6 Å². The van der Waals surface area contributed by atoms with Crippen LogP contribution in [0.2, 0.25) is 0 Å². The van der Waals surface area contributed by atoms with Crippen molar-refractivity contribution in [2.24, 2.45) is 0 Å². The van der Waals surface area contributed by atoms with Gasteiger partial charge in [0.15, 0.2) is 0 Å². The molecule has 0 fully saturated rings. The van der Waals surface area contributed by atoms with E-state index in [9.17, 15) is 29.4 Å². The maximum absolute atomic E-state index is 13.7. The molecular weight excluding hydrogens is 768 g/mol. The molecule has 48 heavy (non-hydrogen) atoms. The zero-order chi connectivity index (χ0) is 35.4. The van der Waals surface area contributed by atoms with Gasteiger partial charge in [-0.25, -0.2) is 19.5 Å². The molecular formula is C24H38Cl4N6O12P2. The molecule has 0 bridgehead atoms. The Kier molecular flexibility index (Phi) is 20.7. The number of alkyl halides is 4. The van der Waals surface area contributed by atoms with Gasteiger partial charge in [0.05, 0.1) is 38.6 Å². The number of ether oxygens (including phenoxy) is 2. The highest BCUT2D eigenvalue weighted by molar-refractivity contribution is 7.54. The number of nitro groups is 2. The van der Waals surface area contributed by atoms with Crippen LogP contribution in [0.5, 0.6) is 0 Å². The maximum atomic E-state index is 13.7. The number of halogens is 4. The quantitative estimate of drug-likeness (QED) is 0.0346. The summed E-state index contributed by atoms with van der Waals surface area (Å²) < 4.78 is 62.9. The topological polar surface area (TPSA) is 214 Å². The minimum absolute atomic E-state index is 0.106. The van der Waals surface area contributed by atoms with Crippen LogP contribution < -0.4 is 10.2 Å². The highest BCUT2D eigenvalue weighted by atomic mass is 35.5. The van der Waals surface area contributed by atoms with Crippen molar-refractivity contribution in [1.82, 2.24) is 19.5 Å². The van der Waals surface area contributed by atoms with Gasteiger partial charge in [-0.3, -0.25) is 38.4 Å². The molecule has 274 valence electrons. The average Bonchev–Trinajstić information content (AvgIpc) is 3.74. The lowest BCUT2D eigenvalue weighted by Gasteiger charge is -2.30. The first-order valence-electron chi connectivity index (χ1n) is 14.4. The Morgan fingerprint density at radius 3 is 1.29 bits per heavy atom. The fourth-order valence-electron chi connectivity index (χ4n) is 3.82. The molecule has 2 N–H and O–H groups in total. The molecule has 2 rings (SSSR count). The molecule has 2 aromatic heterocycles. The van der Waals surface area contributed by atoms with Crippen molar-refractivity contribution in [3.63, 3.8) is 0 Å². The molecule has 0 aromatic carbocycles. The molecule has 2 heterocycles. The molecule has 0 spiro atoms. The Hall–Kier alpha value is -1.34. The number of hydrogen-bond donors (Lipinski definition) is 2. The summed E-state index contributed by atoms with van der Waals surface area (Å²) in [6.07, 6.45) is 0. The summed E-state index contributed by atoms with van der Waals surface area (Å²) >= 11 is 23.5. The number of rotatable bonds is 29. The van der Waals surface area contributed by atoms with Crippen LogP contribution in [0.3, 0.4) is 0 Å². The summed E-state index contributed by atoms with van der Waals surface area (Å²) in [7, 11) is -7.41. The van der Waals surface area contributed by atoms with Gasteiger partial charge in [-0.2, -0.15) is 0 Å². The third-order valence-electron chi connectivity index (χ3n) is 6.02. The average molecular weight is 806 g/mol. The van der Waals surface area contributed by atoms with Crippen molar-refractivity contribution in [3.05, 3.63) is 56.0 Å². The fraction of sp³-hybridized carbons (Fsp3) is 0.667. The monoisotopic (exact) mass is 804 g/mol. The van der Waals surface area contributed by atoms with Gasteiger partial charge in [0, 0.05) is 62.8 Å². The van der Waals surface area contributed by atoms with Crippen LogP contribution in [-0.2, 0) is 40.9 Å². The molecule has 0 aliphatic carbocycles. The Labute approximate surface area is 296 Å². The van der Waals surface area contributed by atoms with Gasteiger partial charge in [0.2, 0.25) is 0 Å².